The SMILES string of the molecule is Cc1c(NC(=S)NC(=O)c2ccccc2OCCC(C)C)cccc1[N+](=O)[O-]. The van der Waals surface area contributed by atoms with E-state index in [1.807, 2.05) is 0 Å². The molecule has 0 bridgehead atoms. The van der Waals surface area contributed by atoms with Crippen molar-refractivity contribution in [3.8, 4) is 5.75 Å². The normalized spacial score (nSPS) is 10.4. The molecule has 0 radical (unpaired) electrons. The number of nitrogens with zero attached hydrogens (tertiary/aromatic N) is 1. The monoisotopic (exact) mass is 401 g/mol. The van der Waals surface area contributed by atoms with Gasteiger partial charge < -0.3 is 10.1 Å². The lowest BCUT2D eigenvalue weighted by Crippen LogP contribution is -2.34. The Kier molecular flexibility index (Phi) is 7.45. The smallest absolute Gasteiger partial charge is 0.274 e. The molecule has 0 aliphatic carbocycles. The van der Waals surface area contributed by atoms with Gasteiger partial charge in [-0.25, -0.2) is 0 Å². The molecule has 28 heavy (non-hydrogen) atoms. The van der Waals surface area contributed by atoms with E-state index in [2.05, 4.69) is 24.5 Å². The maximum Gasteiger partial charge on any atom is 0.274 e. The lowest BCUT2D eigenvalue weighted by Gasteiger charge is -2.14. The molecule has 2 aromatic carbocycles. The average Bonchev–Trinajstić information content (AvgIpc) is 2.63. The minimum atomic E-state index is -0.465. The van der Waals surface area contributed by atoms with Crippen LogP contribution in [0.15, 0.2) is 42.5 Å². The van der Waals surface area contributed by atoms with Gasteiger partial charge in [-0.1, -0.05) is 32.0 Å². The molecule has 1 amide bonds. The van der Waals surface area contributed by atoms with E-state index < -0.39 is 10.8 Å². The fourth-order valence-electron chi connectivity index (χ4n) is 2.47. The summed E-state index contributed by atoms with van der Waals surface area (Å²) in [6, 6.07) is 11.5. The number of nitro benzene ring substituents is 1. The van der Waals surface area contributed by atoms with Crippen LogP contribution in [0.5, 0.6) is 5.75 Å². The van der Waals surface area contributed by atoms with E-state index in [9.17, 15) is 14.9 Å². The van der Waals surface area contributed by atoms with Crippen molar-refractivity contribution in [2.24, 2.45) is 5.92 Å². The number of nitro groups is 1. The molecular weight excluding hydrogens is 378 g/mol. The van der Waals surface area contributed by atoms with Crippen molar-refractivity contribution in [1.29, 1.82) is 0 Å². The largest absolute Gasteiger partial charge is 0.493 e. The van der Waals surface area contributed by atoms with Crippen LogP contribution in [0.4, 0.5) is 11.4 Å². The van der Waals surface area contributed by atoms with Gasteiger partial charge >= 0.3 is 0 Å². The molecule has 7 nitrogen and oxygen atoms in total. The topological polar surface area (TPSA) is 93.5 Å². The Hall–Kier alpha value is -3.00. The highest BCUT2D eigenvalue weighted by Gasteiger charge is 2.16. The molecule has 0 fully saturated rings. The number of thiocarbonyl (C=S) groups is 1. The number of amides is 1. The molecule has 0 aliphatic rings. The number of ether oxygens (including phenoxy) is 1. The summed E-state index contributed by atoms with van der Waals surface area (Å²) in [5.41, 5.74) is 1.23. The second-order valence-corrected chi connectivity index (χ2v) is 7.05. The number of para-hydroxylation sites is 1. The number of anilines is 1. The molecule has 2 N–H and O–H groups in total. The molecule has 0 spiro atoms. The van der Waals surface area contributed by atoms with Gasteiger partial charge in [0.1, 0.15) is 5.75 Å². The molecule has 148 valence electrons. The van der Waals surface area contributed by atoms with Crippen molar-refractivity contribution < 1.29 is 14.5 Å². The van der Waals surface area contributed by atoms with Gasteiger partial charge in [-0.2, -0.15) is 0 Å². The summed E-state index contributed by atoms with van der Waals surface area (Å²) in [5, 5.41) is 16.5. The summed E-state index contributed by atoms with van der Waals surface area (Å²) in [5.74, 6) is 0.562. The molecule has 0 unspecified atom stereocenters. The lowest BCUT2D eigenvalue weighted by atomic mass is 10.1. The zero-order valence-electron chi connectivity index (χ0n) is 16.0. The molecule has 0 saturated heterocycles. The zero-order valence-corrected chi connectivity index (χ0v) is 16.8. The fraction of sp³-hybridized carbons (Fsp3) is 0.300. The van der Waals surface area contributed by atoms with Gasteiger partial charge in [0.25, 0.3) is 11.6 Å². The van der Waals surface area contributed by atoms with Crippen LogP contribution in [0.25, 0.3) is 0 Å². The molecule has 0 aromatic heterocycles. The number of carbonyl (C=O) groups excluding carboxylic acids is 1. The quantitative estimate of drug-likeness (QED) is 0.404. The Morgan fingerprint density at radius 3 is 2.61 bits per heavy atom. The van der Waals surface area contributed by atoms with E-state index in [-0.39, 0.29) is 10.8 Å². The van der Waals surface area contributed by atoms with Crippen LogP contribution in [0.1, 0.15) is 36.2 Å². The fourth-order valence-corrected chi connectivity index (χ4v) is 2.67. The minimum absolute atomic E-state index is 0.0250. The van der Waals surface area contributed by atoms with Crippen LogP contribution in [-0.4, -0.2) is 22.5 Å². The molecular formula is C20H23N3O4S. The molecule has 0 aliphatic heterocycles. The third kappa shape index (κ3) is 5.75. The van der Waals surface area contributed by atoms with Gasteiger partial charge in [-0.3, -0.25) is 20.2 Å². The highest BCUT2D eigenvalue weighted by molar-refractivity contribution is 7.80. The third-order valence-corrected chi connectivity index (χ3v) is 4.27. The van der Waals surface area contributed by atoms with Crippen LogP contribution in [-0.2, 0) is 0 Å². The predicted molar refractivity (Wildman–Crippen MR) is 113 cm³/mol. The van der Waals surface area contributed by atoms with Gasteiger partial charge in [0.05, 0.1) is 28.3 Å². The number of nitrogens with one attached hydrogen (secondary N) is 2. The third-order valence-electron chi connectivity index (χ3n) is 4.06. The van der Waals surface area contributed by atoms with E-state index in [0.717, 1.165) is 6.42 Å². The zero-order chi connectivity index (χ0) is 20.7. The van der Waals surface area contributed by atoms with E-state index >= 15 is 0 Å². The molecule has 0 heterocycles. The average molecular weight is 401 g/mol. The summed E-state index contributed by atoms with van der Waals surface area (Å²) in [6.07, 6.45) is 0.877. The van der Waals surface area contributed by atoms with E-state index in [1.165, 1.54) is 6.07 Å². The summed E-state index contributed by atoms with van der Waals surface area (Å²) in [6.45, 7) is 6.32. The molecule has 0 atom stereocenters. The maximum absolute atomic E-state index is 12.6. The van der Waals surface area contributed by atoms with Gasteiger partial charge in [-0.15, -0.1) is 0 Å². The first-order valence-electron chi connectivity index (χ1n) is 8.87. The van der Waals surface area contributed by atoms with Crippen LogP contribution in [0, 0.1) is 23.0 Å². The first-order valence-corrected chi connectivity index (χ1v) is 9.28. The Morgan fingerprint density at radius 2 is 1.93 bits per heavy atom. The Labute approximate surface area is 169 Å². The minimum Gasteiger partial charge on any atom is -0.493 e. The summed E-state index contributed by atoms with van der Waals surface area (Å²) in [7, 11) is 0. The highest BCUT2D eigenvalue weighted by atomic mass is 32.1. The number of carbonyl (C=O) groups is 1. The lowest BCUT2D eigenvalue weighted by molar-refractivity contribution is -0.385. The second-order valence-electron chi connectivity index (χ2n) is 6.64. The Morgan fingerprint density at radius 1 is 1.21 bits per heavy atom. The van der Waals surface area contributed by atoms with Crippen LogP contribution >= 0.6 is 12.2 Å². The Balaban J connectivity index is 2.06. The molecule has 2 aromatic rings. The Bertz CT molecular complexity index is 884. The van der Waals surface area contributed by atoms with Crippen LogP contribution in [0.3, 0.4) is 0 Å². The number of rotatable bonds is 7. The van der Waals surface area contributed by atoms with Crippen molar-refractivity contribution in [2.75, 3.05) is 11.9 Å². The van der Waals surface area contributed by atoms with Crippen LogP contribution < -0.4 is 15.4 Å². The van der Waals surface area contributed by atoms with E-state index in [0.29, 0.717) is 35.1 Å². The first-order chi connectivity index (χ1) is 13.3. The first kappa shape index (κ1) is 21.3. The van der Waals surface area contributed by atoms with Gasteiger partial charge in [-0.05, 0) is 49.7 Å². The summed E-state index contributed by atoms with van der Waals surface area (Å²) in [4.78, 5) is 23.2. The van der Waals surface area contributed by atoms with E-state index in [4.69, 9.17) is 17.0 Å². The van der Waals surface area contributed by atoms with Gasteiger partial charge in [0.15, 0.2) is 5.11 Å². The number of hydrogen-bond acceptors (Lipinski definition) is 5. The molecule has 0 saturated carbocycles. The van der Waals surface area contributed by atoms with Gasteiger partial charge in [0, 0.05) is 6.07 Å². The van der Waals surface area contributed by atoms with E-state index in [1.54, 1.807) is 43.3 Å². The van der Waals surface area contributed by atoms with Gasteiger partial charge in [0.2, 0.25) is 0 Å². The standard InChI is InChI=1S/C20H23N3O4S/c1-13(2)11-12-27-18-10-5-4-7-15(18)19(24)22-20(28)21-16-8-6-9-17(14(16)3)23(25)26/h4-10,13H,11-12H2,1-3H3,(H2,21,22,24,28). The van der Waals surface area contributed by atoms with Crippen molar-refractivity contribution in [2.45, 2.75) is 27.2 Å². The second kappa shape index (κ2) is 9.80. The van der Waals surface area contributed by atoms with Crippen molar-refractivity contribution in [1.82, 2.24) is 5.32 Å². The maximum atomic E-state index is 12.6. The molecule has 2 rings (SSSR count). The molecule has 8 heteroatoms. The highest BCUT2D eigenvalue weighted by Crippen LogP contribution is 2.25. The van der Waals surface area contributed by atoms with Crippen molar-refractivity contribution in [3.63, 3.8) is 0 Å². The van der Waals surface area contributed by atoms with Crippen molar-refractivity contribution >= 4 is 34.6 Å². The van der Waals surface area contributed by atoms with Crippen LogP contribution in [0.2, 0.25) is 0 Å². The van der Waals surface area contributed by atoms with Crippen molar-refractivity contribution in [3.05, 3.63) is 63.7 Å². The summed E-state index contributed by atoms with van der Waals surface area (Å²) >= 11 is 5.19. The number of hydrogen-bond donors (Lipinski definition) is 2. The summed E-state index contributed by atoms with van der Waals surface area (Å²) < 4.78 is 5.73. The number of benzene rings is 2. The predicted octanol–water partition coefficient (Wildman–Crippen LogP) is 4.45.